The number of rotatable bonds is 3. The van der Waals surface area contributed by atoms with Gasteiger partial charge in [-0.15, -0.1) is 0 Å². The van der Waals surface area contributed by atoms with Crippen molar-refractivity contribution in [3.8, 4) is 0 Å². The van der Waals surface area contributed by atoms with E-state index in [0.29, 0.717) is 18.5 Å². The molecule has 2 rings (SSSR count). The van der Waals surface area contributed by atoms with Crippen molar-refractivity contribution < 1.29 is 18.1 Å². The minimum atomic E-state index is -4.23. The summed E-state index contributed by atoms with van der Waals surface area (Å²) in [6.07, 6.45) is -2.34. The van der Waals surface area contributed by atoms with Gasteiger partial charge in [-0.05, 0) is 40.9 Å². The van der Waals surface area contributed by atoms with Crippen LogP contribution in [0.5, 0.6) is 0 Å². The molecule has 8 heteroatoms. The van der Waals surface area contributed by atoms with Crippen LogP contribution in [-0.2, 0) is 0 Å². The Kier molecular flexibility index (Phi) is 4.75. The zero-order valence-corrected chi connectivity index (χ0v) is 12.6. The van der Waals surface area contributed by atoms with E-state index in [-0.39, 0.29) is 16.6 Å². The van der Waals surface area contributed by atoms with Crippen LogP contribution in [0.3, 0.4) is 0 Å². The van der Waals surface area contributed by atoms with E-state index in [2.05, 4.69) is 21.2 Å². The van der Waals surface area contributed by atoms with Gasteiger partial charge >= 0.3 is 6.18 Å². The molecule has 0 bridgehead atoms. The predicted octanol–water partition coefficient (Wildman–Crippen LogP) is 4.89. The van der Waals surface area contributed by atoms with E-state index in [1.807, 2.05) is 0 Å². The van der Waals surface area contributed by atoms with Gasteiger partial charge in [-0.1, -0.05) is 12.8 Å². The van der Waals surface area contributed by atoms with E-state index in [1.54, 1.807) is 0 Å². The topological polar surface area (TPSA) is 55.2 Å². The summed E-state index contributed by atoms with van der Waals surface area (Å²) in [4.78, 5) is 10.2. The molecule has 1 fully saturated rings. The summed E-state index contributed by atoms with van der Waals surface area (Å²) < 4.78 is 39.3. The molecule has 0 heterocycles. The number of alkyl halides is 3. The number of halogens is 4. The van der Waals surface area contributed by atoms with Gasteiger partial charge in [0.15, 0.2) is 0 Å². The number of nitrogens with zero attached hydrogens (tertiary/aromatic N) is 1. The van der Waals surface area contributed by atoms with E-state index >= 15 is 0 Å². The molecule has 1 aromatic carbocycles. The van der Waals surface area contributed by atoms with Crippen LogP contribution in [0.25, 0.3) is 0 Å². The first-order chi connectivity index (χ1) is 9.79. The number of nitro groups is 1. The van der Waals surface area contributed by atoms with Crippen LogP contribution in [0, 0.1) is 16.0 Å². The van der Waals surface area contributed by atoms with Crippen LogP contribution in [0.1, 0.15) is 25.7 Å². The molecule has 0 amide bonds. The molecule has 116 valence electrons. The zero-order chi connectivity index (χ0) is 15.6. The molecule has 4 nitrogen and oxygen atoms in total. The molecule has 1 aliphatic carbocycles. The lowest BCUT2D eigenvalue weighted by molar-refractivity contribution is -0.385. The summed E-state index contributed by atoms with van der Waals surface area (Å²) in [7, 11) is 0. The first kappa shape index (κ1) is 16.1. The summed E-state index contributed by atoms with van der Waals surface area (Å²) in [6.45, 7) is 0. The average Bonchev–Trinajstić information content (AvgIpc) is 2.37. The number of hydrogen-bond donors (Lipinski definition) is 1. The molecule has 0 radical (unpaired) electrons. The van der Waals surface area contributed by atoms with Crippen LogP contribution in [0.15, 0.2) is 22.7 Å². The summed E-state index contributed by atoms with van der Waals surface area (Å²) in [5, 5.41) is 13.6. The van der Waals surface area contributed by atoms with E-state index in [1.165, 1.54) is 18.2 Å². The first-order valence-electron chi connectivity index (χ1n) is 6.56. The van der Waals surface area contributed by atoms with Crippen LogP contribution < -0.4 is 5.32 Å². The molecule has 1 aromatic rings. The number of anilines is 1. The molecule has 1 aliphatic rings. The van der Waals surface area contributed by atoms with E-state index in [0.717, 1.165) is 6.42 Å². The van der Waals surface area contributed by atoms with Gasteiger partial charge < -0.3 is 5.32 Å². The predicted molar refractivity (Wildman–Crippen MR) is 76.2 cm³/mol. The standard InChI is InChI=1S/C13H14BrF3N2O2/c14-10-7-8(5-6-12(10)19(20)21)18-11-4-2-1-3-9(11)13(15,16)17/h5-7,9,11,18H,1-4H2. The third kappa shape index (κ3) is 3.87. The van der Waals surface area contributed by atoms with Crippen molar-refractivity contribution in [2.75, 3.05) is 5.32 Å². The van der Waals surface area contributed by atoms with Gasteiger partial charge in [0.1, 0.15) is 0 Å². The lowest BCUT2D eigenvalue weighted by Gasteiger charge is -2.34. The second-order valence-corrected chi connectivity index (χ2v) is 5.96. The van der Waals surface area contributed by atoms with Crippen LogP contribution in [-0.4, -0.2) is 17.1 Å². The highest BCUT2D eigenvalue weighted by Crippen LogP contribution is 2.39. The van der Waals surface area contributed by atoms with Crippen molar-refractivity contribution >= 4 is 27.3 Å². The highest BCUT2D eigenvalue weighted by molar-refractivity contribution is 9.10. The van der Waals surface area contributed by atoms with Gasteiger partial charge in [0.2, 0.25) is 0 Å². The van der Waals surface area contributed by atoms with Crippen LogP contribution >= 0.6 is 15.9 Å². The fourth-order valence-electron chi connectivity index (χ4n) is 2.65. The molecule has 0 aromatic heterocycles. The maximum absolute atomic E-state index is 13.0. The molecular weight excluding hydrogens is 353 g/mol. The monoisotopic (exact) mass is 366 g/mol. The van der Waals surface area contributed by atoms with Crippen molar-refractivity contribution in [3.63, 3.8) is 0 Å². The fraction of sp³-hybridized carbons (Fsp3) is 0.538. The molecule has 2 atom stereocenters. The Labute approximate surface area is 128 Å². The normalized spacial score (nSPS) is 22.9. The number of benzene rings is 1. The smallest absolute Gasteiger partial charge is 0.382 e. The van der Waals surface area contributed by atoms with Gasteiger partial charge in [0.25, 0.3) is 5.69 Å². The Morgan fingerprint density at radius 3 is 2.52 bits per heavy atom. The quantitative estimate of drug-likeness (QED) is 0.611. The van der Waals surface area contributed by atoms with Crippen molar-refractivity contribution in [1.29, 1.82) is 0 Å². The van der Waals surface area contributed by atoms with Gasteiger partial charge in [-0.2, -0.15) is 13.2 Å². The number of nitrogens with one attached hydrogen (secondary N) is 1. The van der Waals surface area contributed by atoms with E-state index in [9.17, 15) is 23.3 Å². The highest BCUT2D eigenvalue weighted by Gasteiger charge is 2.45. The third-order valence-corrected chi connectivity index (χ3v) is 4.32. The second-order valence-electron chi connectivity index (χ2n) is 5.11. The molecule has 1 saturated carbocycles. The molecule has 0 saturated heterocycles. The minimum absolute atomic E-state index is 0.114. The average molecular weight is 367 g/mol. The molecule has 0 aliphatic heterocycles. The largest absolute Gasteiger partial charge is 0.393 e. The summed E-state index contributed by atoms with van der Waals surface area (Å²) in [5.41, 5.74) is 0.338. The Hall–Kier alpha value is -1.31. The Morgan fingerprint density at radius 1 is 1.29 bits per heavy atom. The van der Waals surface area contributed by atoms with Crippen LogP contribution in [0.2, 0.25) is 0 Å². The lowest BCUT2D eigenvalue weighted by atomic mass is 9.84. The Morgan fingerprint density at radius 2 is 1.95 bits per heavy atom. The summed E-state index contributed by atoms with van der Waals surface area (Å²) in [6, 6.07) is 3.47. The van der Waals surface area contributed by atoms with Gasteiger partial charge in [0, 0.05) is 17.8 Å². The molecule has 1 N–H and O–H groups in total. The van der Waals surface area contributed by atoms with E-state index < -0.39 is 23.1 Å². The highest BCUT2D eigenvalue weighted by atomic mass is 79.9. The van der Waals surface area contributed by atoms with Gasteiger partial charge in [0.05, 0.1) is 15.3 Å². The molecule has 21 heavy (non-hydrogen) atoms. The molecular formula is C13H14BrF3N2O2. The second kappa shape index (κ2) is 6.21. The van der Waals surface area contributed by atoms with Crippen molar-refractivity contribution in [2.45, 2.75) is 37.9 Å². The summed E-state index contributed by atoms with van der Waals surface area (Å²) >= 11 is 3.06. The summed E-state index contributed by atoms with van der Waals surface area (Å²) in [5.74, 6) is -1.37. The van der Waals surface area contributed by atoms with Gasteiger partial charge in [-0.3, -0.25) is 10.1 Å². The maximum atomic E-state index is 13.0. The van der Waals surface area contributed by atoms with Crippen molar-refractivity contribution in [1.82, 2.24) is 0 Å². The Bertz CT molecular complexity index is 537. The van der Waals surface area contributed by atoms with Gasteiger partial charge in [-0.25, -0.2) is 0 Å². The number of nitro benzene ring substituents is 1. The minimum Gasteiger partial charge on any atom is -0.382 e. The Balaban J connectivity index is 2.16. The zero-order valence-electron chi connectivity index (χ0n) is 11.0. The SMILES string of the molecule is O=[N+]([O-])c1ccc(NC2CCCCC2C(F)(F)F)cc1Br. The lowest BCUT2D eigenvalue weighted by Crippen LogP contribution is -2.41. The van der Waals surface area contributed by atoms with Crippen molar-refractivity contribution in [2.24, 2.45) is 5.92 Å². The first-order valence-corrected chi connectivity index (χ1v) is 7.35. The maximum Gasteiger partial charge on any atom is 0.393 e. The molecule has 0 spiro atoms. The van der Waals surface area contributed by atoms with Crippen molar-refractivity contribution in [3.05, 3.63) is 32.8 Å². The third-order valence-electron chi connectivity index (χ3n) is 3.68. The number of hydrogen-bond acceptors (Lipinski definition) is 3. The van der Waals surface area contributed by atoms with Crippen LogP contribution in [0.4, 0.5) is 24.5 Å². The molecule has 2 unspecified atom stereocenters. The van der Waals surface area contributed by atoms with E-state index in [4.69, 9.17) is 0 Å². The fourth-order valence-corrected chi connectivity index (χ4v) is 3.18.